The molecule has 0 radical (unpaired) electrons. The lowest BCUT2D eigenvalue weighted by Crippen LogP contribution is -2.40. The molecule has 7 nitrogen and oxygen atoms in total. The first-order chi connectivity index (χ1) is 11.6. The van der Waals surface area contributed by atoms with E-state index in [2.05, 4.69) is 10.6 Å². The van der Waals surface area contributed by atoms with Crippen molar-refractivity contribution < 1.29 is 19.1 Å². The first kappa shape index (κ1) is 15.7. The summed E-state index contributed by atoms with van der Waals surface area (Å²) in [6.45, 7) is 0.980. The quantitative estimate of drug-likeness (QED) is 0.795. The highest BCUT2D eigenvalue weighted by Gasteiger charge is 2.22. The zero-order valence-electron chi connectivity index (χ0n) is 12.8. The van der Waals surface area contributed by atoms with Crippen molar-refractivity contribution in [3.8, 4) is 11.5 Å². The fraction of sp³-hybridized carbons (Fsp3) is 0.176. The van der Waals surface area contributed by atoms with Crippen molar-refractivity contribution in [3.63, 3.8) is 0 Å². The molecule has 1 atom stereocenters. The van der Waals surface area contributed by atoms with E-state index in [4.69, 9.17) is 15.2 Å². The second-order valence-electron chi connectivity index (χ2n) is 5.20. The van der Waals surface area contributed by atoms with Gasteiger partial charge in [-0.25, -0.2) is 4.79 Å². The number of hydrogen-bond donors (Lipinski definition) is 3. The number of primary amides is 1. The van der Waals surface area contributed by atoms with Gasteiger partial charge in [-0.05, 0) is 17.7 Å². The number of carbonyl (C=O) groups excluding carboxylic acids is 2. The van der Waals surface area contributed by atoms with Gasteiger partial charge in [0.15, 0.2) is 11.5 Å². The average molecular weight is 327 g/mol. The van der Waals surface area contributed by atoms with Gasteiger partial charge in [-0.3, -0.25) is 10.1 Å². The number of amides is 3. The third kappa shape index (κ3) is 3.57. The van der Waals surface area contributed by atoms with Crippen molar-refractivity contribution in [3.05, 3.63) is 54.1 Å². The van der Waals surface area contributed by atoms with E-state index in [9.17, 15) is 9.59 Å². The fourth-order valence-electron chi connectivity index (χ4n) is 2.44. The normalized spacial score (nSPS) is 13.7. The van der Waals surface area contributed by atoms with Crippen LogP contribution in [0, 0.1) is 0 Å². The zero-order chi connectivity index (χ0) is 16.9. The second kappa shape index (κ2) is 6.91. The minimum absolute atomic E-state index is 0.473. The van der Waals surface area contributed by atoms with E-state index in [1.807, 2.05) is 18.2 Å². The van der Waals surface area contributed by atoms with Gasteiger partial charge in [-0.2, -0.15) is 0 Å². The molecule has 4 N–H and O–H groups in total. The first-order valence-electron chi connectivity index (χ1n) is 7.45. The third-order valence-corrected chi connectivity index (χ3v) is 3.49. The number of imide groups is 1. The highest BCUT2D eigenvalue weighted by atomic mass is 16.6. The Bertz CT molecular complexity index is 749. The van der Waals surface area contributed by atoms with Gasteiger partial charge in [0, 0.05) is 11.8 Å². The molecule has 24 heavy (non-hydrogen) atoms. The molecular weight excluding hydrogens is 310 g/mol. The Morgan fingerprint density at radius 1 is 1.00 bits per heavy atom. The molecule has 1 aliphatic rings. The van der Waals surface area contributed by atoms with Crippen molar-refractivity contribution in [2.75, 3.05) is 18.5 Å². The van der Waals surface area contributed by atoms with Crippen molar-refractivity contribution in [1.82, 2.24) is 5.32 Å². The number of nitrogens with two attached hydrogens (primary N) is 1. The Morgan fingerprint density at radius 3 is 2.42 bits per heavy atom. The van der Waals surface area contributed by atoms with Crippen molar-refractivity contribution in [1.29, 1.82) is 0 Å². The number of urea groups is 1. The summed E-state index contributed by atoms with van der Waals surface area (Å²) < 4.78 is 11.0. The summed E-state index contributed by atoms with van der Waals surface area (Å²) in [5, 5.41) is 5.20. The molecule has 1 aliphatic heterocycles. The van der Waals surface area contributed by atoms with Crippen LogP contribution in [0.1, 0.15) is 11.6 Å². The van der Waals surface area contributed by atoms with Crippen molar-refractivity contribution >= 4 is 17.6 Å². The number of carbonyl (C=O) groups is 2. The Hall–Kier alpha value is -3.22. The summed E-state index contributed by atoms with van der Waals surface area (Å²) >= 11 is 0. The third-order valence-electron chi connectivity index (χ3n) is 3.49. The van der Waals surface area contributed by atoms with E-state index in [1.54, 1.807) is 30.3 Å². The van der Waals surface area contributed by atoms with E-state index in [0.717, 1.165) is 0 Å². The lowest BCUT2D eigenvalue weighted by molar-refractivity contribution is -0.120. The molecule has 0 fully saturated rings. The highest BCUT2D eigenvalue weighted by molar-refractivity contribution is 5.98. The largest absolute Gasteiger partial charge is 0.486 e. The summed E-state index contributed by atoms with van der Waals surface area (Å²) in [6, 6.07) is 12.7. The summed E-state index contributed by atoms with van der Waals surface area (Å²) in [4.78, 5) is 23.3. The van der Waals surface area contributed by atoms with Crippen LogP contribution in [0.4, 0.5) is 10.5 Å². The van der Waals surface area contributed by atoms with Crippen LogP contribution in [0.5, 0.6) is 11.5 Å². The molecule has 0 aromatic heterocycles. The molecule has 2 aromatic rings. The Balaban J connectivity index is 1.86. The second-order valence-corrected chi connectivity index (χ2v) is 5.20. The minimum atomic E-state index is -0.898. The van der Waals surface area contributed by atoms with E-state index in [0.29, 0.717) is 36.0 Å². The summed E-state index contributed by atoms with van der Waals surface area (Å²) in [5.74, 6) is 0.724. The van der Waals surface area contributed by atoms with Gasteiger partial charge in [-0.1, -0.05) is 30.3 Å². The number of ether oxygens (including phenoxy) is 2. The Morgan fingerprint density at radius 2 is 1.71 bits per heavy atom. The van der Waals surface area contributed by atoms with Crippen molar-refractivity contribution in [2.45, 2.75) is 6.04 Å². The van der Waals surface area contributed by atoms with E-state index in [1.165, 1.54) is 0 Å². The van der Waals surface area contributed by atoms with Gasteiger partial charge in [0.25, 0.3) is 5.91 Å². The Labute approximate surface area is 138 Å². The molecule has 124 valence electrons. The number of rotatable bonds is 4. The van der Waals surface area contributed by atoms with Crippen LogP contribution in [0.25, 0.3) is 0 Å². The van der Waals surface area contributed by atoms with Gasteiger partial charge in [0.2, 0.25) is 0 Å². The molecule has 0 spiro atoms. The van der Waals surface area contributed by atoms with E-state index >= 15 is 0 Å². The van der Waals surface area contributed by atoms with Gasteiger partial charge in [0.1, 0.15) is 19.3 Å². The molecule has 3 amide bonds. The van der Waals surface area contributed by atoms with Crippen LogP contribution in [-0.4, -0.2) is 25.2 Å². The lowest BCUT2D eigenvalue weighted by atomic mass is 10.1. The fourth-order valence-corrected chi connectivity index (χ4v) is 2.44. The molecule has 0 saturated carbocycles. The number of fused-ring (bicyclic) bond motifs is 1. The van der Waals surface area contributed by atoms with Crippen LogP contribution in [-0.2, 0) is 4.79 Å². The zero-order valence-corrected chi connectivity index (χ0v) is 12.8. The van der Waals surface area contributed by atoms with Crippen LogP contribution < -0.4 is 25.8 Å². The first-order valence-corrected chi connectivity index (χ1v) is 7.45. The molecule has 1 heterocycles. The van der Waals surface area contributed by atoms with Gasteiger partial charge < -0.3 is 20.5 Å². The van der Waals surface area contributed by atoms with Crippen LogP contribution in [0.3, 0.4) is 0 Å². The predicted molar refractivity (Wildman–Crippen MR) is 88.0 cm³/mol. The lowest BCUT2D eigenvalue weighted by Gasteiger charge is -2.22. The predicted octanol–water partition coefficient (Wildman–Crippen LogP) is 1.81. The van der Waals surface area contributed by atoms with Gasteiger partial charge >= 0.3 is 6.03 Å². The van der Waals surface area contributed by atoms with Crippen LogP contribution in [0.2, 0.25) is 0 Å². The van der Waals surface area contributed by atoms with Gasteiger partial charge in [-0.15, -0.1) is 0 Å². The molecule has 7 heteroatoms. The highest BCUT2D eigenvalue weighted by Crippen LogP contribution is 2.33. The maximum Gasteiger partial charge on any atom is 0.318 e. The standard InChI is InChI=1S/C17H17N3O4/c18-17(22)20-16(21)15(11-4-2-1-3-5-11)19-12-6-7-13-14(10-12)24-9-8-23-13/h1-7,10,15,19H,8-9H2,(H3,18,20,21,22)/t15-/m1/s1. The molecule has 0 saturated heterocycles. The van der Waals surface area contributed by atoms with Crippen LogP contribution >= 0.6 is 0 Å². The van der Waals surface area contributed by atoms with Crippen molar-refractivity contribution in [2.24, 2.45) is 5.73 Å². The number of benzene rings is 2. The number of nitrogens with one attached hydrogen (secondary N) is 2. The molecular formula is C17H17N3O4. The molecule has 0 unspecified atom stereocenters. The Kier molecular flexibility index (Phi) is 4.51. The minimum Gasteiger partial charge on any atom is -0.486 e. The average Bonchev–Trinajstić information content (AvgIpc) is 2.59. The maximum absolute atomic E-state index is 12.3. The van der Waals surface area contributed by atoms with E-state index < -0.39 is 18.0 Å². The number of anilines is 1. The topological polar surface area (TPSA) is 103 Å². The van der Waals surface area contributed by atoms with Crippen LogP contribution in [0.15, 0.2) is 48.5 Å². The molecule has 3 rings (SSSR count). The SMILES string of the molecule is NC(=O)NC(=O)[C@H](Nc1ccc2c(c1)OCCO2)c1ccccc1. The summed E-state index contributed by atoms with van der Waals surface area (Å²) in [5.41, 5.74) is 6.42. The monoisotopic (exact) mass is 327 g/mol. The van der Waals surface area contributed by atoms with E-state index in [-0.39, 0.29) is 0 Å². The number of hydrogen-bond acceptors (Lipinski definition) is 5. The summed E-state index contributed by atoms with van der Waals surface area (Å²) in [6.07, 6.45) is 0. The van der Waals surface area contributed by atoms with Gasteiger partial charge in [0.05, 0.1) is 0 Å². The smallest absolute Gasteiger partial charge is 0.318 e. The summed E-state index contributed by atoms with van der Waals surface area (Å²) in [7, 11) is 0. The molecule has 0 aliphatic carbocycles. The molecule has 2 aromatic carbocycles. The maximum atomic E-state index is 12.3. The molecule has 0 bridgehead atoms.